The third kappa shape index (κ3) is 3.95. The monoisotopic (exact) mass is 380 g/mol. The second kappa shape index (κ2) is 8.22. The van der Waals surface area contributed by atoms with Crippen LogP contribution in [0.25, 0.3) is 10.9 Å². The van der Waals surface area contributed by atoms with Crippen molar-refractivity contribution in [2.45, 2.75) is 24.4 Å². The van der Waals surface area contributed by atoms with E-state index in [9.17, 15) is 9.59 Å². The molecule has 3 rings (SSSR count). The molecule has 0 atom stereocenters. The summed E-state index contributed by atoms with van der Waals surface area (Å²) in [6, 6.07) is 12.7. The fourth-order valence-electron chi connectivity index (χ4n) is 2.80. The number of ether oxygens (including phenoxy) is 1. The SMILES string of the molecule is C=CCn1c(SCc2cc(C(C)=O)ccc2OC)nc2ccccc2c1=O. The molecule has 0 radical (unpaired) electrons. The molecule has 0 saturated carbocycles. The van der Waals surface area contributed by atoms with Crippen molar-refractivity contribution in [3.63, 3.8) is 0 Å². The van der Waals surface area contributed by atoms with E-state index in [-0.39, 0.29) is 11.3 Å². The van der Waals surface area contributed by atoms with Crippen molar-refractivity contribution in [1.82, 2.24) is 9.55 Å². The fraction of sp³-hybridized carbons (Fsp3) is 0.190. The number of nitrogens with zero attached hydrogens (tertiary/aromatic N) is 2. The number of thioether (sulfide) groups is 1. The fourth-order valence-corrected chi connectivity index (χ4v) is 3.79. The number of methoxy groups -OCH3 is 1. The molecule has 0 aliphatic rings. The number of hydrogen-bond donors (Lipinski definition) is 0. The van der Waals surface area contributed by atoms with E-state index in [4.69, 9.17) is 4.74 Å². The van der Waals surface area contributed by atoms with Gasteiger partial charge in [-0.05, 0) is 37.3 Å². The summed E-state index contributed by atoms with van der Waals surface area (Å²) in [5.41, 5.74) is 2.08. The number of allylic oxidation sites excluding steroid dienone is 1. The third-order valence-electron chi connectivity index (χ3n) is 4.18. The van der Waals surface area contributed by atoms with Crippen molar-refractivity contribution >= 4 is 28.4 Å². The van der Waals surface area contributed by atoms with Crippen LogP contribution < -0.4 is 10.3 Å². The lowest BCUT2D eigenvalue weighted by atomic mass is 10.1. The van der Waals surface area contributed by atoms with Crippen molar-refractivity contribution in [1.29, 1.82) is 0 Å². The van der Waals surface area contributed by atoms with Gasteiger partial charge in [0.1, 0.15) is 5.75 Å². The Morgan fingerprint density at radius 3 is 2.78 bits per heavy atom. The van der Waals surface area contributed by atoms with Crippen LogP contribution in [0.2, 0.25) is 0 Å². The summed E-state index contributed by atoms with van der Waals surface area (Å²) in [7, 11) is 1.60. The zero-order chi connectivity index (χ0) is 19.4. The maximum atomic E-state index is 12.8. The van der Waals surface area contributed by atoms with Crippen molar-refractivity contribution in [3.05, 3.63) is 76.6 Å². The Morgan fingerprint density at radius 2 is 2.07 bits per heavy atom. The van der Waals surface area contributed by atoms with Gasteiger partial charge in [0.25, 0.3) is 5.56 Å². The first kappa shape index (κ1) is 18.9. The van der Waals surface area contributed by atoms with Crippen molar-refractivity contribution < 1.29 is 9.53 Å². The largest absolute Gasteiger partial charge is 0.496 e. The first-order valence-corrected chi connectivity index (χ1v) is 9.45. The summed E-state index contributed by atoms with van der Waals surface area (Å²) in [6.07, 6.45) is 1.68. The molecule has 0 aliphatic carbocycles. The maximum absolute atomic E-state index is 12.8. The Hall–Kier alpha value is -2.86. The van der Waals surface area contributed by atoms with Crippen LogP contribution in [0.15, 0.2) is 65.1 Å². The Kier molecular flexibility index (Phi) is 5.76. The van der Waals surface area contributed by atoms with Crippen LogP contribution in [0.3, 0.4) is 0 Å². The molecular weight excluding hydrogens is 360 g/mol. The molecule has 0 unspecified atom stereocenters. The number of para-hydroxylation sites is 1. The smallest absolute Gasteiger partial charge is 0.262 e. The van der Waals surface area contributed by atoms with Gasteiger partial charge in [-0.1, -0.05) is 30.0 Å². The number of aromatic nitrogens is 2. The minimum absolute atomic E-state index is 0.00343. The second-order valence-corrected chi connectivity index (χ2v) is 6.93. The lowest BCUT2D eigenvalue weighted by Gasteiger charge is -2.13. The first-order chi connectivity index (χ1) is 13.0. The molecule has 0 saturated heterocycles. The molecule has 0 fully saturated rings. The highest BCUT2D eigenvalue weighted by Gasteiger charge is 2.13. The minimum atomic E-state index is -0.0903. The average Bonchev–Trinajstić information content (AvgIpc) is 2.68. The zero-order valence-electron chi connectivity index (χ0n) is 15.3. The van der Waals surface area contributed by atoms with E-state index in [0.29, 0.717) is 39.7 Å². The molecule has 5 nitrogen and oxygen atoms in total. The average molecular weight is 380 g/mol. The highest BCUT2D eigenvalue weighted by atomic mass is 32.2. The van der Waals surface area contributed by atoms with Crippen LogP contribution in [-0.4, -0.2) is 22.4 Å². The highest BCUT2D eigenvalue weighted by molar-refractivity contribution is 7.98. The van der Waals surface area contributed by atoms with Gasteiger partial charge < -0.3 is 4.74 Å². The maximum Gasteiger partial charge on any atom is 0.262 e. The van der Waals surface area contributed by atoms with E-state index in [1.54, 1.807) is 36.0 Å². The van der Waals surface area contributed by atoms with Gasteiger partial charge in [-0.15, -0.1) is 6.58 Å². The lowest BCUT2D eigenvalue weighted by molar-refractivity contribution is 0.101. The number of carbonyl (C=O) groups excluding carboxylic acids is 1. The van der Waals surface area contributed by atoms with Gasteiger partial charge in [-0.25, -0.2) is 4.98 Å². The standard InChI is InChI=1S/C21H20N2O3S/c1-4-11-23-20(25)17-7-5-6-8-18(17)22-21(23)27-13-16-12-15(14(2)24)9-10-19(16)26-3/h4-10,12H,1,11,13H2,2-3H3. The Morgan fingerprint density at radius 1 is 1.30 bits per heavy atom. The van der Waals surface area contributed by atoms with E-state index in [1.807, 2.05) is 24.3 Å². The van der Waals surface area contributed by atoms with Gasteiger partial charge in [0.15, 0.2) is 10.9 Å². The van der Waals surface area contributed by atoms with E-state index >= 15 is 0 Å². The molecule has 138 valence electrons. The van der Waals surface area contributed by atoms with Gasteiger partial charge in [0.05, 0.1) is 18.0 Å². The summed E-state index contributed by atoms with van der Waals surface area (Å²) in [5, 5.41) is 1.19. The molecule has 0 bridgehead atoms. The van der Waals surface area contributed by atoms with Gasteiger partial charge in [-0.2, -0.15) is 0 Å². The van der Waals surface area contributed by atoms with Gasteiger partial charge >= 0.3 is 0 Å². The summed E-state index contributed by atoms with van der Waals surface area (Å²) < 4.78 is 7.02. The van der Waals surface area contributed by atoms with Crippen LogP contribution in [0.1, 0.15) is 22.8 Å². The van der Waals surface area contributed by atoms with E-state index < -0.39 is 0 Å². The van der Waals surface area contributed by atoms with Crippen LogP contribution >= 0.6 is 11.8 Å². The van der Waals surface area contributed by atoms with Crippen LogP contribution in [0.5, 0.6) is 5.75 Å². The second-order valence-electron chi connectivity index (χ2n) is 5.99. The summed E-state index contributed by atoms with van der Waals surface area (Å²) in [6.45, 7) is 5.65. The third-order valence-corrected chi connectivity index (χ3v) is 5.21. The van der Waals surface area contributed by atoms with Crippen LogP contribution in [0.4, 0.5) is 0 Å². The first-order valence-electron chi connectivity index (χ1n) is 8.46. The molecule has 2 aromatic carbocycles. The topological polar surface area (TPSA) is 61.2 Å². The van der Waals surface area contributed by atoms with Gasteiger partial charge in [0.2, 0.25) is 0 Å². The minimum Gasteiger partial charge on any atom is -0.496 e. The number of fused-ring (bicyclic) bond motifs is 1. The summed E-state index contributed by atoms with van der Waals surface area (Å²) in [4.78, 5) is 29.1. The highest BCUT2D eigenvalue weighted by Crippen LogP contribution is 2.28. The molecular formula is C21H20N2O3S. The van der Waals surface area contributed by atoms with Gasteiger partial charge in [-0.3, -0.25) is 14.2 Å². The number of carbonyl (C=O) groups is 1. The molecule has 1 heterocycles. The summed E-state index contributed by atoms with van der Waals surface area (Å²) >= 11 is 1.43. The van der Waals surface area contributed by atoms with Crippen LogP contribution in [-0.2, 0) is 12.3 Å². The van der Waals surface area contributed by atoms with E-state index in [2.05, 4.69) is 11.6 Å². The Bertz CT molecular complexity index is 1070. The van der Waals surface area contributed by atoms with E-state index in [1.165, 1.54) is 18.7 Å². The Labute approximate surface area is 161 Å². The quantitative estimate of drug-likeness (QED) is 0.267. The van der Waals surface area contributed by atoms with E-state index in [0.717, 1.165) is 5.56 Å². The van der Waals surface area contributed by atoms with Crippen molar-refractivity contribution in [2.24, 2.45) is 0 Å². The predicted octanol–water partition coefficient (Wildman–Crippen LogP) is 4.09. The number of rotatable bonds is 7. The molecule has 0 N–H and O–H groups in total. The van der Waals surface area contributed by atoms with Gasteiger partial charge in [0, 0.05) is 23.4 Å². The number of hydrogen-bond acceptors (Lipinski definition) is 5. The Balaban J connectivity index is 2.01. The normalized spacial score (nSPS) is 10.7. The molecule has 3 aromatic rings. The molecule has 0 aliphatic heterocycles. The lowest BCUT2D eigenvalue weighted by Crippen LogP contribution is -2.22. The van der Waals surface area contributed by atoms with Crippen molar-refractivity contribution in [2.75, 3.05) is 7.11 Å². The number of ketones is 1. The predicted molar refractivity (Wildman–Crippen MR) is 109 cm³/mol. The number of benzene rings is 2. The molecule has 6 heteroatoms. The number of Topliss-reactive ketones (excluding diaryl/α,β-unsaturated/α-hetero) is 1. The molecule has 27 heavy (non-hydrogen) atoms. The van der Waals surface area contributed by atoms with Crippen molar-refractivity contribution in [3.8, 4) is 5.75 Å². The zero-order valence-corrected chi connectivity index (χ0v) is 16.1. The van der Waals surface area contributed by atoms with Crippen LogP contribution in [0, 0.1) is 0 Å². The summed E-state index contributed by atoms with van der Waals surface area (Å²) in [5.74, 6) is 1.22. The molecule has 0 spiro atoms. The molecule has 1 aromatic heterocycles. The molecule has 0 amide bonds.